The molecule has 0 saturated heterocycles. The predicted molar refractivity (Wildman–Crippen MR) is 118 cm³/mol. The Labute approximate surface area is 187 Å². The van der Waals surface area contributed by atoms with Gasteiger partial charge in [0.1, 0.15) is 12.0 Å². The third kappa shape index (κ3) is 6.26. The van der Waals surface area contributed by atoms with Crippen LogP contribution in [-0.4, -0.2) is 34.2 Å². The van der Waals surface area contributed by atoms with Crippen molar-refractivity contribution in [3.8, 4) is 0 Å². The lowest BCUT2D eigenvalue weighted by atomic mass is 9.80. The topological polar surface area (TPSA) is 107 Å². The highest BCUT2D eigenvalue weighted by Gasteiger charge is 2.49. The lowest BCUT2D eigenvalue weighted by Gasteiger charge is -2.31. The largest absolute Gasteiger partial charge is 0.478 e. The van der Waals surface area contributed by atoms with Crippen LogP contribution in [0.2, 0.25) is 0 Å². The summed E-state index contributed by atoms with van der Waals surface area (Å²) in [5.41, 5.74) is -0.791. The Morgan fingerprint density at radius 1 is 1.22 bits per heavy atom. The van der Waals surface area contributed by atoms with Gasteiger partial charge in [-0.2, -0.15) is 0 Å². The summed E-state index contributed by atoms with van der Waals surface area (Å²) in [6, 6.07) is 0. The number of carbonyl (C=O) groups is 4. The highest BCUT2D eigenvalue weighted by molar-refractivity contribution is 6.26. The van der Waals surface area contributed by atoms with Gasteiger partial charge in [-0.1, -0.05) is 44.4 Å². The van der Waals surface area contributed by atoms with Crippen LogP contribution in [0.25, 0.3) is 0 Å². The van der Waals surface area contributed by atoms with Crippen LogP contribution in [0.4, 0.5) is 0 Å². The molecule has 0 bridgehead atoms. The van der Waals surface area contributed by atoms with Gasteiger partial charge in [0, 0.05) is 12.2 Å². The number of Topliss-reactive ketones (excluding diaryl/α,β-unsaturated/α-hetero) is 1. The third-order valence-corrected chi connectivity index (χ3v) is 5.09. The summed E-state index contributed by atoms with van der Waals surface area (Å²) in [5.74, 6) is -2.84. The molecule has 0 aromatic rings. The molecule has 1 N–H and O–H groups in total. The number of allylic oxidation sites excluding steroid dienone is 6. The first-order chi connectivity index (χ1) is 15.1. The number of hydrogen-bond acceptors (Lipinski definition) is 6. The molecular weight excluding hydrogens is 412 g/mol. The molecule has 0 fully saturated rings. The molecule has 32 heavy (non-hydrogen) atoms. The number of ether oxygens (including phenoxy) is 2. The van der Waals surface area contributed by atoms with Gasteiger partial charge in [0.2, 0.25) is 17.2 Å². The molecule has 1 aliphatic carbocycles. The Hall–Kier alpha value is -3.48. The fourth-order valence-corrected chi connectivity index (χ4v) is 3.30. The zero-order valence-electron chi connectivity index (χ0n) is 18.7. The van der Waals surface area contributed by atoms with Crippen LogP contribution in [0, 0.1) is 5.92 Å². The quantitative estimate of drug-likeness (QED) is 0.249. The number of hydrogen-bond donors (Lipinski definition) is 1. The van der Waals surface area contributed by atoms with Crippen LogP contribution in [0.15, 0.2) is 71.3 Å². The number of carboxylic acids is 1. The number of carbonyl (C=O) groups excluding carboxylic acids is 3. The molecule has 7 heteroatoms. The second-order valence-corrected chi connectivity index (χ2v) is 7.98. The smallest absolute Gasteiger partial charge is 0.332 e. The van der Waals surface area contributed by atoms with Crippen molar-refractivity contribution in [3.63, 3.8) is 0 Å². The lowest BCUT2D eigenvalue weighted by molar-refractivity contribution is -0.165. The van der Waals surface area contributed by atoms with Crippen molar-refractivity contribution >= 4 is 23.5 Å². The first-order valence-corrected chi connectivity index (χ1v) is 10.5. The SMILES string of the molecule is CCCC[C@H](C)/C=C(C)/C=C/C(=O)O[C@@]1(C)C(=O)C=C2C=C(/C=C/C(=O)O)OC=C2C1=O. The molecule has 0 aromatic carbocycles. The molecule has 1 heterocycles. The van der Waals surface area contributed by atoms with Gasteiger partial charge < -0.3 is 14.6 Å². The molecule has 2 rings (SSSR count). The highest BCUT2D eigenvalue weighted by Crippen LogP contribution is 2.33. The number of fused-ring (bicyclic) bond motifs is 1. The number of ketones is 2. The van der Waals surface area contributed by atoms with Gasteiger partial charge in [-0.05, 0) is 50.0 Å². The van der Waals surface area contributed by atoms with E-state index >= 15 is 0 Å². The van der Waals surface area contributed by atoms with E-state index in [4.69, 9.17) is 14.6 Å². The van der Waals surface area contributed by atoms with E-state index in [1.165, 1.54) is 31.2 Å². The van der Waals surface area contributed by atoms with Crippen LogP contribution >= 0.6 is 0 Å². The van der Waals surface area contributed by atoms with Crippen LogP contribution in [0.5, 0.6) is 0 Å². The molecule has 7 nitrogen and oxygen atoms in total. The second kappa shape index (κ2) is 10.7. The van der Waals surface area contributed by atoms with Crippen LogP contribution in [0.1, 0.15) is 47.0 Å². The molecule has 0 unspecified atom stereocenters. The first kappa shape index (κ1) is 24.8. The summed E-state index contributed by atoms with van der Waals surface area (Å²) in [6.07, 6.45) is 13.9. The van der Waals surface area contributed by atoms with E-state index in [1.807, 2.05) is 6.92 Å². The van der Waals surface area contributed by atoms with Crippen molar-refractivity contribution in [2.75, 3.05) is 0 Å². The first-order valence-electron chi connectivity index (χ1n) is 10.5. The Morgan fingerprint density at radius 3 is 2.59 bits per heavy atom. The van der Waals surface area contributed by atoms with E-state index in [1.54, 1.807) is 6.08 Å². The minimum Gasteiger partial charge on any atom is -0.478 e. The van der Waals surface area contributed by atoms with Gasteiger partial charge in [0.05, 0.1) is 5.57 Å². The van der Waals surface area contributed by atoms with Crippen LogP contribution in [0.3, 0.4) is 0 Å². The van der Waals surface area contributed by atoms with Crippen molar-refractivity contribution in [2.24, 2.45) is 5.92 Å². The third-order valence-electron chi connectivity index (χ3n) is 5.09. The fourth-order valence-electron chi connectivity index (χ4n) is 3.30. The van der Waals surface area contributed by atoms with Gasteiger partial charge in [0.25, 0.3) is 0 Å². The van der Waals surface area contributed by atoms with Crippen molar-refractivity contribution in [2.45, 2.75) is 52.6 Å². The minimum atomic E-state index is -2.01. The molecular formula is C25H28O7. The molecule has 0 saturated carbocycles. The maximum Gasteiger partial charge on any atom is 0.332 e. The van der Waals surface area contributed by atoms with E-state index < -0.39 is 29.1 Å². The minimum absolute atomic E-state index is 0.0668. The number of aliphatic carboxylic acids is 1. The summed E-state index contributed by atoms with van der Waals surface area (Å²) in [4.78, 5) is 48.6. The molecule has 0 aromatic heterocycles. The van der Waals surface area contributed by atoms with Gasteiger partial charge in [-0.25, -0.2) is 9.59 Å². The van der Waals surface area contributed by atoms with Crippen molar-refractivity contribution in [3.05, 3.63) is 71.3 Å². The van der Waals surface area contributed by atoms with E-state index in [0.717, 1.165) is 37.2 Å². The zero-order valence-corrected chi connectivity index (χ0v) is 18.7. The maximum atomic E-state index is 12.9. The highest BCUT2D eigenvalue weighted by atomic mass is 16.6. The van der Waals surface area contributed by atoms with E-state index in [2.05, 4.69) is 19.9 Å². The average Bonchev–Trinajstić information content (AvgIpc) is 2.73. The Kier molecular flexibility index (Phi) is 8.29. The normalized spacial score (nSPS) is 22.1. The second-order valence-electron chi connectivity index (χ2n) is 7.98. The molecule has 170 valence electrons. The van der Waals surface area contributed by atoms with Crippen LogP contribution in [-0.2, 0) is 28.7 Å². The monoisotopic (exact) mass is 440 g/mol. The molecule has 0 spiro atoms. The number of rotatable bonds is 9. The van der Waals surface area contributed by atoms with E-state index in [9.17, 15) is 19.2 Å². The van der Waals surface area contributed by atoms with Crippen LogP contribution < -0.4 is 0 Å². The van der Waals surface area contributed by atoms with Gasteiger partial charge >= 0.3 is 11.9 Å². The Bertz CT molecular complexity index is 988. The zero-order chi connectivity index (χ0) is 23.9. The summed E-state index contributed by atoms with van der Waals surface area (Å²) in [7, 11) is 0. The Morgan fingerprint density at radius 2 is 1.94 bits per heavy atom. The van der Waals surface area contributed by atoms with Gasteiger partial charge in [0.15, 0.2) is 0 Å². The Balaban J connectivity index is 2.14. The molecule has 1 aliphatic heterocycles. The van der Waals surface area contributed by atoms with Crippen molar-refractivity contribution in [1.29, 1.82) is 0 Å². The molecule has 2 atom stereocenters. The molecule has 0 amide bonds. The number of esters is 1. The number of carboxylic acid groups (broad SMARTS) is 1. The molecule has 0 radical (unpaired) electrons. The predicted octanol–water partition coefficient (Wildman–Crippen LogP) is 4.13. The molecule has 2 aliphatic rings. The average molecular weight is 440 g/mol. The summed E-state index contributed by atoms with van der Waals surface area (Å²) in [6.45, 7) is 7.35. The summed E-state index contributed by atoms with van der Waals surface area (Å²) < 4.78 is 10.5. The van der Waals surface area contributed by atoms with E-state index in [0.29, 0.717) is 5.92 Å². The van der Waals surface area contributed by atoms with Crippen molar-refractivity contribution < 1.29 is 33.8 Å². The lowest BCUT2D eigenvalue weighted by Crippen LogP contribution is -2.50. The van der Waals surface area contributed by atoms with E-state index in [-0.39, 0.29) is 16.9 Å². The maximum absolute atomic E-state index is 12.9. The van der Waals surface area contributed by atoms with Gasteiger partial charge in [-0.15, -0.1) is 0 Å². The standard InChI is InChI=1S/C25H28O7/c1-5-6-7-16(2)12-17(3)8-11-23(29)32-25(4)21(26)14-18-13-19(9-10-22(27)28)31-15-20(18)24(25)30/h8-16H,5-7H2,1-4H3,(H,27,28)/b10-9+,11-8+,17-12+/t16-,25-/m0/s1. The van der Waals surface area contributed by atoms with Crippen molar-refractivity contribution in [1.82, 2.24) is 0 Å². The summed E-state index contributed by atoms with van der Waals surface area (Å²) in [5, 5.41) is 8.70. The van der Waals surface area contributed by atoms with Gasteiger partial charge in [-0.3, -0.25) is 9.59 Å². The fraction of sp³-hybridized carbons (Fsp3) is 0.360. The summed E-state index contributed by atoms with van der Waals surface area (Å²) >= 11 is 0. The number of unbranched alkanes of at least 4 members (excludes halogenated alkanes) is 1.